The fraction of sp³-hybridized carbons (Fsp3) is 0.250. The molecule has 0 atom stereocenters. The highest BCUT2D eigenvalue weighted by molar-refractivity contribution is 5.50. The van der Waals surface area contributed by atoms with E-state index in [4.69, 9.17) is 4.84 Å². The molecule has 1 heterocycles. The Balaban J connectivity index is 2.41. The van der Waals surface area contributed by atoms with E-state index in [0.29, 0.717) is 0 Å². The molecule has 0 aromatic heterocycles. The molecule has 0 spiro atoms. The van der Waals surface area contributed by atoms with Gasteiger partial charge in [-0.1, -0.05) is 18.2 Å². The number of hydrogen-bond donors (Lipinski definition) is 1. The number of anilines is 1. The molecule has 0 fully saturated rings. The average Bonchev–Trinajstić information content (AvgIpc) is 2.05. The molecule has 2 nitrogen and oxygen atoms in total. The van der Waals surface area contributed by atoms with Crippen LogP contribution in [0.15, 0.2) is 24.3 Å². The highest BCUT2D eigenvalue weighted by Gasteiger charge is 2.05. The van der Waals surface area contributed by atoms with Gasteiger partial charge in [0.25, 0.3) is 0 Å². The number of nitrogens with one attached hydrogen (secondary N) is 1. The first-order valence-corrected chi connectivity index (χ1v) is 3.42. The molecule has 2 rings (SSSR count). The Hall–Kier alpha value is -1.02. The van der Waals surface area contributed by atoms with E-state index in [0.717, 1.165) is 18.7 Å². The summed E-state index contributed by atoms with van der Waals surface area (Å²) in [5, 5.41) is 0. The van der Waals surface area contributed by atoms with E-state index < -0.39 is 0 Å². The second kappa shape index (κ2) is 2.31. The largest absolute Gasteiger partial charge is 0.276 e. The van der Waals surface area contributed by atoms with Crippen molar-refractivity contribution in [3.63, 3.8) is 0 Å². The molecule has 1 aromatic rings. The van der Waals surface area contributed by atoms with Crippen LogP contribution in [0.5, 0.6) is 0 Å². The fourth-order valence-corrected chi connectivity index (χ4v) is 1.13. The standard InChI is InChI=1S/C8H9NO/c1-2-4-8-7(3-1)5-6-10-9-8/h1-4,9H,5-6H2. The van der Waals surface area contributed by atoms with Crippen molar-refractivity contribution >= 4 is 5.69 Å². The summed E-state index contributed by atoms with van der Waals surface area (Å²) < 4.78 is 0. The van der Waals surface area contributed by atoms with Crippen molar-refractivity contribution in [2.45, 2.75) is 6.42 Å². The number of fused-ring (bicyclic) bond motifs is 1. The predicted octanol–water partition coefficient (Wildman–Crippen LogP) is 1.59. The van der Waals surface area contributed by atoms with E-state index in [9.17, 15) is 0 Å². The lowest BCUT2D eigenvalue weighted by Gasteiger charge is -2.16. The molecular weight excluding hydrogens is 126 g/mol. The minimum atomic E-state index is 0.775. The molecule has 0 aliphatic carbocycles. The van der Waals surface area contributed by atoms with Gasteiger partial charge in [-0.2, -0.15) is 0 Å². The predicted molar refractivity (Wildman–Crippen MR) is 39.7 cm³/mol. The molecule has 1 aliphatic rings. The summed E-state index contributed by atoms with van der Waals surface area (Å²) in [6.07, 6.45) is 1.02. The molecule has 52 valence electrons. The molecule has 1 N–H and O–H groups in total. The monoisotopic (exact) mass is 135 g/mol. The maximum Gasteiger partial charge on any atom is 0.0787 e. The van der Waals surface area contributed by atoms with E-state index in [1.54, 1.807) is 0 Å². The van der Waals surface area contributed by atoms with Crippen LogP contribution in [-0.2, 0) is 11.3 Å². The van der Waals surface area contributed by atoms with Crippen LogP contribution in [0.3, 0.4) is 0 Å². The van der Waals surface area contributed by atoms with Gasteiger partial charge in [0.1, 0.15) is 0 Å². The van der Waals surface area contributed by atoms with Gasteiger partial charge in [0.2, 0.25) is 0 Å². The van der Waals surface area contributed by atoms with E-state index >= 15 is 0 Å². The lowest BCUT2D eigenvalue weighted by molar-refractivity contribution is 0.187. The Morgan fingerprint density at radius 1 is 1.30 bits per heavy atom. The van der Waals surface area contributed by atoms with Crippen molar-refractivity contribution in [2.75, 3.05) is 12.1 Å². The van der Waals surface area contributed by atoms with Crippen molar-refractivity contribution in [2.24, 2.45) is 0 Å². The van der Waals surface area contributed by atoms with Crippen LogP contribution in [-0.4, -0.2) is 6.61 Å². The molecule has 0 bridgehead atoms. The van der Waals surface area contributed by atoms with Crippen molar-refractivity contribution in [1.82, 2.24) is 0 Å². The molecule has 0 amide bonds. The van der Waals surface area contributed by atoms with E-state index in [-0.39, 0.29) is 0 Å². The van der Waals surface area contributed by atoms with Crippen molar-refractivity contribution in [3.8, 4) is 0 Å². The second-order valence-corrected chi connectivity index (χ2v) is 2.36. The number of benzene rings is 1. The quantitative estimate of drug-likeness (QED) is 0.583. The third kappa shape index (κ3) is 0.866. The second-order valence-electron chi connectivity index (χ2n) is 2.36. The first kappa shape index (κ1) is 5.74. The van der Waals surface area contributed by atoms with Gasteiger partial charge in [0, 0.05) is 6.42 Å². The third-order valence-electron chi connectivity index (χ3n) is 1.67. The molecular formula is C8H9NO. The summed E-state index contributed by atoms with van der Waals surface area (Å²) in [5.74, 6) is 0. The Bertz CT molecular complexity index is 209. The third-order valence-corrected chi connectivity index (χ3v) is 1.67. The molecule has 10 heavy (non-hydrogen) atoms. The van der Waals surface area contributed by atoms with Crippen LogP contribution in [0.25, 0.3) is 0 Å². The van der Waals surface area contributed by atoms with Crippen molar-refractivity contribution in [1.29, 1.82) is 0 Å². The maximum atomic E-state index is 5.05. The van der Waals surface area contributed by atoms with Crippen LogP contribution < -0.4 is 5.48 Å². The first-order valence-electron chi connectivity index (χ1n) is 3.42. The van der Waals surface area contributed by atoms with Crippen molar-refractivity contribution in [3.05, 3.63) is 29.8 Å². The Morgan fingerprint density at radius 2 is 2.20 bits per heavy atom. The summed E-state index contributed by atoms with van der Waals surface area (Å²) in [6.45, 7) is 0.775. The minimum Gasteiger partial charge on any atom is -0.276 e. The summed E-state index contributed by atoms with van der Waals surface area (Å²) in [5.41, 5.74) is 5.31. The van der Waals surface area contributed by atoms with Gasteiger partial charge in [-0.05, 0) is 11.6 Å². The minimum absolute atomic E-state index is 0.775. The van der Waals surface area contributed by atoms with Gasteiger partial charge >= 0.3 is 0 Å². The van der Waals surface area contributed by atoms with E-state index in [1.807, 2.05) is 18.2 Å². The first-order chi connectivity index (χ1) is 4.97. The Labute approximate surface area is 59.8 Å². The molecule has 0 saturated heterocycles. The van der Waals surface area contributed by atoms with Crippen LogP contribution in [0, 0.1) is 0 Å². The van der Waals surface area contributed by atoms with Gasteiger partial charge in [-0.15, -0.1) is 0 Å². The lowest BCUT2D eigenvalue weighted by atomic mass is 10.1. The maximum absolute atomic E-state index is 5.05. The molecule has 0 saturated carbocycles. The number of hydrogen-bond acceptors (Lipinski definition) is 2. The van der Waals surface area contributed by atoms with E-state index in [2.05, 4.69) is 11.5 Å². The van der Waals surface area contributed by atoms with Crippen LogP contribution in [0.2, 0.25) is 0 Å². The summed E-state index contributed by atoms with van der Waals surface area (Å²) in [7, 11) is 0. The van der Waals surface area contributed by atoms with Gasteiger partial charge in [0.05, 0.1) is 12.3 Å². The zero-order valence-corrected chi connectivity index (χ0v) is 5.63. The van der Waals surface area contributed by atoms with Gasteiger partial charge < -0.3 is 0 Å². The Morgan fingerprint density at radius 3 is 3.10 bits per heavy atom. The number of rotatable bonds is 0. The topological polar surface area (TPSA) is 21.3 Å². The molecule has 0 radical (unpaired) electrons. The zero-order chi connectivity index (χ0) is 6.81. The Kier molecular flexibility index (Phi) is 1.32. The molecule has 2 heteroatoms. The summed E-state index contributed by atoms with van der Waals surface area (Å²) in [4.78, 5) is 5.05. The van der Waals surface area contributed by atoms with Crippen LogP contribution >= 0.6 is 0 Å². The van der Waals surface area contributed by atoms with Gasteiger partial charge in [-0.25, -0.2) is 0 Å². The summed E-state index contributed by atoms with van der Waals surface area (Å²) in [6, 6.07) is 8.19. The van der Waals surface area contributed by atoms with Crippen LogP contribution in [0.4, 0.5) is 5.69 Å². The number of para-hydroxylation sites is 1. The highest BCUT2D eigenvalue weighted by atomic mass is 16.6. The smallest absolute Gasteiger partial charge is 0.0787 e. The molecule has 0 unspecified atom stereocenters. The zero-order valence-electron chi connectivity index (χ0n) is 5.63. The highest BCUT2D eigenvalue weighted by Crippen LogP contribution is 2.18. The SMILES string of the molecule is c1ccc2c(c1)CCON2. The summed E-state index contributed by atoms with van der Waals surface area (Å²) >= 11 is 0. The lowest BCUT2D eigenvalue weighted by Crippen LogP contribution is -2.13. The van der Waals surface area contributed by atoms with Crippen LogP contribution in [0.1, 0.15) is 5.56 Å². The fourth-order valence-electron chi connectivity index (χ4n) is 1.13. The average molecular weight is 135 g/mol. The molecule has 1 aromatic carbocycles. The van der Waals surface area contributed by atoms with Gasteiger partial charge in [-0.3, -0.25) is 10.3 Å². The van der Waals surface area contributed by atoms with E-state index in [1.165, 1.54) is 5.56 Å². The van der Waals surface area contributed by atoms with Gasteiger partial charge in [0.15, 0.2) is 0 Å². The molecule has 1 aliphatic heterocycles. The normalized spacial score (nSPS) is 15.6. The van der Waals surface area contributed by atoms with Crippen molar-refractivity contribution < 1.29 is 4.84 Å².